The minimum absolute atomic E-state index is 0.00981. The fourth-order valence-corrected chi connectivity index (χ4v) is 7.77. The first-order valence-corrected chi connectivity index (χ1v) is 15.1. The molecule has 8 nitrogen and oxygen atoms in total. The van der Waals surface area contributed by atoms with Crippen LogP contribution in [-0.2, 0) is 6.18 Å². The van der Waals surface area contributed by atoms with E-state index < -0.39 is 35.0 Å². The zero-order valence-electron chi connectivity index (χ0n) is 23.0. The number of hydrogen-bond donors (Lipinski definition) is 3. The van der Waals surface area contributed by atoms with Crippen molar-refractivity contribution < 1.29 is 31.8 Å². The van der Waals surface area contributed by atoms with Crippen molar-refractivity contribution in [3.05, 3.63) is 35.4 Å². The lowest BCUT2D eigenvalue weighted by Gasteiger charge is -2.31. The zero-order valence-corrected chi connectivity index (χ0v) is 23.8. The van der Waals surface area contributed by atoms with E-state index >= 15 is 4.39 Å². The Balaban J connectivity index is 1.41. The summed E-state index contributed by atoms with van der Waals surface area (Å²) in [7, 11) is 0. The smallest absolute Gasteiger partial charge is 0.417 e. The van der Waals surface area contributed by atoms with Crippen LogP contribution in [0.1, 0.15) is 50.5 Å². The van der Waals surface area contributed by atoms with E-state index in [1.807, 2.05) is 0 Å². The highest BCUT2D eigenvalue weighted by Crippen LogP contribution is 2.46. The molecule has 4 aromatic rings. The molecule has 1 aliphatic carbocycles. The Morgan fingerprint density at radius 3 is 2.56 bits per heavy atom. The monoisotopic (exact) mass is 620 g/mol. The summed E-state index contributed by atoms with van der Waals surface area (Å²) in [6, 6.07) is 2.41. The van der Waals surface area contributed by atoms with Crippen molar-refractivity contribution in [1.29, 1.82) is 0 Å². The number of fused-ring (bicyclic) bond motifs is 3. The number of hydrogen-bond acceptors (Lipinski definition) is 9. The van der Waals surface area contributed by atoms with Crippen molar-refractivity contribution in [2.75, 3.05) is 30.7 Å². The Morgan fingerprint density at radius 1 is 1.09 bits per heavy atom. The van der Waals surface area contributed by atoms with Gasteiger partial charge < -0.3 is 20.9 Å². The van der Waals surface area contributed by atoms with Gasteiger partial charge in [0.1, 0.15) is 23.8 Å². The van der Waals surface area contributed by atoms with Gasteiger partial charge in [-0.1, -0.05) is 11.3 Å². The highest BCUT2D eigenvalue weighted by atomic mass is 32.1. The summed E-state index contributed by atoms with van der Waals surface area (Å²) >= 11 is 0.767. The Bertz CT molecular complexity index is 1720. The molecule has 0 unspecified atom stereocenters. The van der Waals surface area contributed by atoms with Gasteiger partial charge in [-0.15, -0.1) is 0 Å². The molecule has 2 saturated heterocycles. The van der Waals surface area contributed by atoms with Crippen molar-refractivity contribution in [2.45, 2.75) is 68.8 Å². The minimum atomic E-state index is -4.99. The number of alkyl halides is 3. The van der Waals surface area contributed by atoms with Crippen molar-refractivity contribution in [2.24, 2.45) is 0 Å². The van der Waals surface area contributed by atoms with Crippen molar-refractivity contribution in [1.82, 2.24) is 19.9 Å². The summed E-state index contributed by atoms with van der Waals surface area (Å²) in [5, 5.41) is 12.9. The van der Waals surface area contributed by atoms with E-state index in [0.717, 1.165) is 68.3 Å². The van der Waals surface area contributed by atoms with Crippen LogP contribution in [0, 0.1) is 11.6 Å². The van der Waals surface area contributed by atoms with Gasteiger partial charge in [0.25, 0.3) is 0 Å². The van der Waals surface area contributed by atoms with Crippen LogP contribution in [0.4, 0.5) is 32.9 Å². The molecule has 2 atom stereocenters. The van der Waals surface area contributed by atoms with Crippen molar-refractivity contribution in [3.8, 4) is 17.1 Å². The number of nitrogens with zero attached hydrogens (tertiary/aromatic N) is 4. The molecule has 0 amide bonds. The maximum Gasteiger partial charge on any atom is 0.417 e. The lowest BCUT2D eigenvalue weighted by Crippen LogP contribution is -2.43. The molecule has 0 bridgehead atoms. The molecule has 0 radical (unpaired) electrons. The number of aromatic nitrogens is 3. The van der Waals surface area contributed by atoms with Crippen LogP contribution in [0.25, 0.3) is 32.2 Å². The number of nitrogens with one attached hydrogen (secondary N) is 1. The van der Waals surface area contributed by atoms with Gasteiger partial charge in [-0.25, -0.2) is 13.8 Å². The van der Waals surface area contributed by atoms with E-state index in [-0.39, 0.29) is 61.8 Å². The molecule has 43 heavy (non-hydrogen) atoms. The van der Waals surface area contributed by atoms with E-state index in [1.165, 1.54) is 0 Å². The maximum atomic E-state index is 16.6. The third-order valence-electron chi connectivity index (χ3n) is 9.02. The summed E-state index contributed by atoms with van der Waals surface area (Å²) < 4.78 is 81.0. The summed E-state index contributed by atoms with van der Waals surface area (Å²) in [6.45, 7) is 2.19. The fraction of sp³-hybridized carbons (Fsp3) is 0.483. The van der Waals surface area contributed by atoms with Crippen LogP contribution in [0.2, 0.25) is 0 Å². The highest BCUT2D eigenvalue weighted by Gasteiger charge is 2.45. The summed E-state index contributed by atoms with van der Waals surface area (Å²) in [5.74, 6) is -1.99. The average Bonchev–Trinajstić information content (AvgIpc) is 3.72. The Hall–Kier alpha value is -3.36. The zero-order chi connectivity index (χ0) is 30.1. The van der Waals surface area contributed by atoms with Gasteiger partial charge in [-0.05, 0) is 76.2 Å². The van der Waals surface area contributed by atoms with Gasteiger partial charge in [-0.3, -0.25) is 4.90 Å². The SMILES string of the molecule is Nc1nc2c(-c3c(C(F)(F)F)cc4c(N[C@H]5CC[C@@H](O)C5)nc(OCC56CCCN5CCC6)nc4c3F)ccc(F)c2s1. The third-order valence-corrected chi connectivity index (χ3v) is 9.92. The molecule has 2 aliphatic heterocycles. The molecular weight excluding hydrogens is 591 g/mol. The first kappa shape index (κ1) is 28.4. The number of aliphatic hydroxyl groups is 1. The fourth-order valence-electron chi connectivity index (χ4n) is 7.00. The number of nitrogen functional groups attached to an aromatic ring is 1. The second-order valence-electron chi connectivity index (χ2n) is 11.7. The summed E-state index contributed by atoms with van der Waals surface area (Å²) in [5.41, 5.74) is 2.71. The molecule has 2 aromatic heterocycles. The van der Waals surface area contributed by atoms with Crippen LogP contribution >= 0.6 is 11.3 Å². The van der Waals surface area contributed by atoms with E-state index in [2.05, 4.69) is 25.2 Å². The number of anilines is 2. The summed E-state index contributed by atoms with van der Waals surface area (Å²) in [6.07, 6.45) is -0.155. The quantitative estimate of drug-likeness (QED) is 0.221. The second kappa shape index (κ2) is 10.4. The van der Waals surface area contributed by atoms with E-state index in [0.29, 0.717) is 19.3 Å². The normalized spacial score (nSPS) is 22.1. The number of rotatable bonds is 6. The lowest BCUT2D eigenvalue weighted by molar-refractivity contribution is -0.137. The Labute approximate surface area is 247 Å². The van der Waals surface area contributed by atoms with Crippen LogP contribution < -0.4 is 15.8 Å². The van der Waals surface area contributed by atoms with Gasteiger partial charge in [0, 0.05) is 22.6 Å². The van der Waals surface area contributed by atoms with Crippen LogP contribution in [0.5, 0.6) is 6.01 Å². The standard InChI is InChI=1S/C29H29F5N6O2S/c30-19-6-5-16(23-24(19)43-26(35)37-23)20-18(29(32,33)34)12-17-22(21(20)31)38-27(39-25(17)36-14-3-4-15(41)11-14)42-13-28-7-1-9-40(28)10-2-8-28/h5-6,12,14-15,41H,1-4,7-11,13H2,(H2,35,37)(H,36,38,39)/t14-,15+/m0/s1. The van der Waals surface area contributed by atoms with Crippen molar-refractivity contribution >= 4 is 43.4 Å². The molecule has 7 rings (SSSR count). The van der Waals surface area contributed by atoms with Gasteiger partial charge in [-0.2, -0.15) is 23.1 Å². The summed E-state index contributed by atoms with van der Waals surface area (Å²) in [4.78, 5) is 15.2. The first-order valence-electron chi connectivity index (χ1n) is 14.3. The number of halogens is 5. The van der Waals surface area contributed by atoms with Gasteiger partial charge >= 0.3 is 12.2 Å². The molecule has 228 valence electrons. The Kier molecular flexibility index (Phi) is 6.86. The predicted molar refractivity (Wildman–Crippen MR) is 153 cm³/mol. The maximum absolute atomic E-state index is 16.6. The lowest BCUT2D eigenvalue weighted by atomic mass is 9.95. The van der Waals surface area contributed by atoms with Gasteiger partial charge in [0.2, 0.25) is 0 Å². The number of ether oxygens (including phenoxy) is 1. The molecular formula is C29H29F5N6O2S. The van der Waals surface area contributed by atoms with E-state index in [9.17, 15) is 22.7 Å². The predicted octanol–water partition coefficient (Wildman–Crippen LogP) is 6.12. The van der Waals surface area contributed by atoms with Crippen LogP contribution in [0.3, 0.4) is 0 Å². The van der Waals surface area contributed by atoms with Gasteiger partial charge in [0.05, 0.1) is 27.4 Å². The third kappa shape index (κ3) is 4.92. The molecule has 3 fully saturated rings. The first-order chi connectivity index (χ1) is 20.5. The second-order valence-corrected chi connectivity index (χ2v) is 12.7. The largest absolute Gasteiger partial charge is 0.461 e. The van der Waals surface area contributed by atoms with Gasteiger partial charge in [0.15, 0.2) is 10.9 Å². The van der Waals surface area contributed by atoms with Crippen LogP contribution in [-0.4, -0.2) is 62.3 Å². The molecule has 1 saturated carbocycles. The highest BCUT2D eigenvalue weighted by molar-refractivity contribution is 7.22. The molecule has 14 heteroatoms. The van der Waals surface area contributed by atoms with Crippen molar-refractivity contribution in [3.63, 3.8) is 0 Å². The topological polar surface area (TPSA) is 109 Å². The molecule has 2 aromatic carbocycles. The number of thiazole rings is 1. The average molecular weight is 621 g/mol. The molecule has 3 aliphatic rings. The number of benzene rings is 2. The molecule has 4 heterocycles. The number of nitrogens with two attached hydrogens (primary N) is 1. The van der Waals surface area contributed by atoms with E-state index in [1.54, 1.807) is 0 Å². The Morgan fingerprint density at radius 2 is 1.86 bits per heavy atom. The number of aliphatic hydroxyl groups excluding tert-OH is 1. The minimum Gasteiger partial charge on any atom is -0.461 e. The van der Waals surface area contributed by atoms with Crippen LogP contribution in [0.15, 0.2) is 18.2 Å². The van der Waals surface area contributed by atoms with E-state index in [4.69, 9.17) is 10.5 Å². The molecule has 4 N–H and O–H groups in total. The molecule has 0 spiro atoms.